The van der Waals surface area contributed by atoms with Gasteiger partial charge >= 0.3 is 6.11 Å². The summed E-state index contributed by atoms with van der Waals surface area (Å²) >= 11 is 0. The van der Waals surface area contributed by atoms with E-state index < -0.39 is 59.3 Å². The smallest absolute Gasteiger partial charge is 0.398 e. The van der Waals surface area contributed by atoms with Crippen LogP contribution in [0.1, 0.15) is 30.9 Å². The normalized spacial score (nSPS) is 11.6. The summed E-state index contributed by atoms with van der Waals surface area (Å²) in [6, 6.07) is 9.77. The molecule has 0 bridgehead atoms. The average Bonchev–Trinajstić information content (AvgIpc) is 2.71. The summed E-state index contributed by atoms with van der Waals surface area (Å²) in [6.07, 6.45) is -4.10. The van der Waals surface area contributed by atoms with Crippen LogP contribution in [0.5, 0.6) is 5.75 Å². The number of hydrogen-bond donors (Lipinski definition) is 0. The van der Waals surface area contributed by atoms with Crippen LogP contribution in [0.4, 0.5) is 30.7 Å². The highest BCUT2D eigenvalue weighted by molar-refractivity contribution is 5.64. The van der Waals surface area contributed by atoms with Crippen LogP contribution < -0.4 is 4.74 Å². The molecule has 0 unspecified atom stereocenters. The Morgan fingerprint density at radius 2 is 1.28 bits per heavy atom. The predicted molar refractivity (Wildman–Crippen MR) is 106 cm³/mol. The number of aryl methyl sites for hydroxylation is 1. The van der Waals surface area contributed by atoms with Crippen LogP contribution in [-0.2, 0) is 12.8 Å². The lowest BCUT2D eigenvalue weighted by Gasteiger charge is -2.19. The molecule has 0 heterocycles. The molecule has 0 saturated heterocycles. The first-order chi connectivity index (χ1) is 15.1. The van der Waals surface area contributed by atoms with Gasteiger partial charge in [-0.1, -0.05) is 37.6 Å². The summed E-state index contributed by atoms with van der Waals surface area (Å²) in [6.45, 7) is 2.03. The van der Waals surface area contributed by atoms with Crippen molar-refractivity contribution in [2.45, 2.75) is 38.7 Å². The molecule has 0 amide bonds. The molecule has 3 rings (SSSR count). The fraction of sp³-hybridized carbons (Fsp3) is 0.250. The molecule has 0 aliphatic carbocycles. The number of benzene rings is 3. The number of ether oxygens (including phenoxy) is 1. The largest absolute Gasteiger partial charge is 0.432 e. The predicted octanol–water partition coefficient (Wildman–Crippen LogP) is 7.61. The van der Waals surface area contributed by atoms with Gasteiger partial charge in [-0.2, -0.15) is 8.78 Å². The van der Waals surface area contributed by atoms with Gasteiger partial charge in [0.2, 0.25) is 0 Å². The zero-order valence-electron chi connectivity index (χ0n) is 17.0. The summed E-state index contributed by atoms with van der Waals surface area (Å²) in [5.41, 5.74) is 1.34. The first kappa shape index (κ1) is 23.6. The highest BCUT2D eigenvalue weighted by Gasteiger charge is 2.33. The van der Waals surface area contributed by atoms with Crippen molar-refractivity contribution in [1.29, 1.82) is 0 Å². The second-order valence-electron chi connectivity index (χ2n) is 7.31. The van der Waals surface area contributed by atoms with Crippen molar-refractivity contribution in [3.8, 4) is 16.9 Å². The van der Waals surface area contributed by atoms with Crippen LogP contribution in [0, 0.1) is 29.1 Å². The molecule has 0 aromatic heterocycles. The Labute approximate surface area is 180 Å². The molecule has 3 aromatic rings. The molecule has 32 heavy (non-hydrogen) atoms. The Hall–Kier alpha value is -3.03. The van der Waals surface area contributed by atoms with E-state index in [1.807, 2.05) is 19.1 Å². The first-order valence-electron chi connectivity index (χ1n) is 9.88. The highest BCUT2D eigenvalue weighted by atomic mass is 19.3. The zero-order valence-corrected chi connectivity index (χ0v) is 17.0. The minimum absolute atomic E-state index is 0.257. The molecule has 0 fully saturated rings. The lowest BCUT2D eigenvalue weighted by Crippen LogP contribution is -2.26. The third kappa shape index (κ3) is 5.60. The molecule has 0 radical (unpaired) electrons. The van der Waals surface area contributed by atoms with Crippen LogP contribution in [0.3, 0.4) is 0 Å². The summed E-state index contributed by atoms with van der Waals surface area (Å²) in [4.78, 5) is 0. The van der Waals surface area contributed by atoms with Crippen molar-refractivity contribution in [3.05, 3.63) is 88.7 Å². The molecular weight excluding hydrogens is 437 g/mol. The van der Waals surface area contributed by atoms with Crippen molar-refractivity contribution in [3.63, 3.8) is 0 Å². The summed E-state index contributed by atoms with van der Waals surface area (Å²) in [5, 5.41) is 0. The van der Waals surface area contributed by atoms with Gasteiger partial charge in [0.25, 0.3) is 0 Å². The maximum atomic E-state index is 14.5. The van der Waals surface area contributed by atoms with Gasteiger partial charge in [0.15, 0.2) is 17.5 Å². The zero-order chi connectivity index (χ0) is 23.5. The van der Waals surface area contributed by atoms with Gasteiger partial charge < -0.3 is 4.74 Å². The van der Waals surface area contributed by atoms with Gasteiger partial charge in [-0.15, -0.1) is 0 Å². The highest BCUT2D eigenvalue weighted by Crippen LogP contribution is 2.31. The molecule has 8 heteroatoms. The monoisotopic (exact) mass is 456 g/mol. The van der Waals surface area contributed by atoms with Crippen LogP contribution in [0.15, 0.2) is 48.5 Å². The Kier molecular flexibility index (Phi) is 7.11. The average molecular weight is 456 g/mol. The molecule has 0 aliphatic heterocycles. The fourth-order valence-electron chi connectivity index (χ4n) is 3.25. The molecule has 0 spiro atoms. The SMILES string of the molecule is CCCc1ccc(-c2cc(F)c(CCC(F)(F)Oc3cc(F)c(F)c(F)c3)c(F)c2)cc1. The van der Waals surface area contributed by atoms with Gasteiger partial charge in [0, 0.05) is 17.7 Å². The van der Waals surface area contributed by atoms with E-state index in [-0.39, 0.29) is 17.7 Å². The second kappa shape index (κ2) is 9.63. The third-order valence-corrected chi connectivity index (χ3v) is 4.86. The minimum atomic E-state index is -4.01. The van der Waals surface area contributed by atoms with Crippen molar-refractivity contribution in [2.24, 2.45) is 0 Å². The van der Waals surface area contributed by atoms with E-state index in [0.717, 1.165) is 30.5 Å². The Bertz CT molecular complexity index is 1050. The topological polar surface area (TPSA) is 9.23 Å². The van der Waals surface area contributed by atoms with E-state index in [9.17, 15) is 30.7 Å². The van der Waals surface area contributed by atoms with E-state index in [0.29, 0.717) is 5.56 Å². The number of rotatable bonds is 8. The maximum Gasteiger partial charge on any atom is 0.398 e. The molecule has 0 saturated carbocycles. The van der Waals surface area contributed by atoms with E-state index in [4.69, 9.17) is 0 Å². The summed E-state index contributed by atoms with van der Waals surface area (Å²) in [5.74, 6) is -8.20. The fourth-order valence-corrected chi connectivity index (χ4v) is 3.25. The Morgan fingerprint density at radius 3 is 1.81 bits per heavy atom. The maximum absolute atomic E-state index is 14.5. The molecule has 170 valence electrons. The van der Waals surface area contributed by atoms with E-state index in [1.54, 1.807) is 12.1 Å². The van der Waals surface area contributed by atoms with E-state index in [1.165, 1.54) is 0 Å². The molecular formula is C24H19F7O. The summed E-state index contributed by atoms with van der Waals surface area (Å²) < 4.78 is 101. The van der Waals surface area contributed by atoms with E-state index >= 15 is 0 Å². The third-order valence-electron chi connectivity index (χ3n) is 4.86. The second-order valence-corrected chi connectivity index (χ2v) is 7.31. The van der Waals surface area contributed by atoms with Crippen LogP contribution in [-0.4, -0.2) is 6.11 Å². The lowest BCUT2D eigenvalue weighted by molar-refractivity contribution is -0.180. The molecule has 1 nitrogen and oxygen atoms in total. The van der Waals surface area contributed by atoms with Gasteiger partial charge in [-0.3, -0.25) is 0 Å². The molecule has 3 aromatic carbocycles. The van der Waals surface area contributed by atoms with Crippen molar-refractivity contribution < 1.29 is 35.5 Å². The standard InChI is InChI=1S/C24H19F7O/c1-2-3-14-4-6-15(7-5-14)16-10-19(25)18(20(26)11-16)8-9-24(30,31)32-17-12-21(27)23(29)22(28)13-17/h4-7,10-13H,2-3,8-9H2,1H3. The minimum Gasteiger partial charge on any atom is -0.432 e. The first-order valence-corrected chi connectivity index (χ1v) is 9.88. The van der Waals surface area contributed by atoms with Crippen molar-refractivity contribution >= 4 is 0 Å². The molecule has 0 N–H and O–H groups in total. The van der Waals surface area contributed by atoms with Gasteiger partial charge in [-0.25, -0.2) is 22.0 Å². The number of alkyl halides is 2. The Balaban J connectivity index is 1.73. The quantitative estimate of drug-likeness (QED) is 0.250. The van der Waals surface area contributed by atoms with Gasteiger partial charge in [0.1, 0.15) is 17.4 Å². The van der Waals surface area contributed by atoms with Crippen molar-refractivity contribution in [2.75, 3.05) is 0 Å². The lowest BCUT2D eigenvalue weighted by atomic mass is 9.99. The number of halogens is 7. The van der Waals surface area contributed by atoms with Gasteiger partial charge in [0.05, 0.1) is 6.42 Å². The molecule has 0 atom stereocenters. The Morgan fingerprint density at radius 1 is 0.719 bits per heavy atom. The summed E-state index contributed by atoms with van der Waals surface area (Å²) in [7, 11) is 0. The van der Waals surface area contributed by atoms with Crippen molar-refractivity contribution in [1.82, 2.24) is 0 Å². The van der Waals surface area contributed by atoms with Crippen LogP contribution in [0.25, 0.3) is 11.1 Å². The van der Waals surface area contributed by atoms with Gasteiger partial charge in [-0.05, 0) is 41.7 Å². The van der Waals surface area contributed by atoms with E-state index in [2.05, 4.69) is 4.74 Å². The molecule has 0 aliphatic rings. The van der Waals surface area contributed by atoms with Crippen LogP contribution in [0.2, 0.25) is 0 Å². The number of hydrogen-bond acceptors (Lipinski definition) is 1. The van der Waals surface area contributed by atoms with Crippen LogP contribution >= 0.6 is 0 Å².